The molecule has 3 rings (SSSR count). The first-order chi connectivity index (χ1) is 13.9. The van der Waals surface area contributed by atoms with E-state index >= 15 is 0 Å². The summed E-state index contributed by atoms with van der Waals surface area (Å²) in [6.07, 6.45) is 0. The molecule has 0 bridgehead atoms. The molecule has 0 saturated carbocycles. The molecule has 150 valence electrons. The van der Waals surface area contributed by atoms with Crippen LogP contribution in [0.2, 0.25) is 0 Å². The molecule has 0 aliphatic rings. The minimum absolute atomic E-state index is 0.0916. The maximum Gasteiger partial charge on any atom is 0.255 e. The van der Waals surface area contributed by atoms with Crippen molar-refractivity contribution in [3.05, 3.63) is 59.8 Å². The van der Waals surface area contributed by atoms with Crippen molar-refractivity contribution in [1.82, 2.24) is 9.88 Å². The van der Waals surface area contributed by atoms with E-state index in [9.17, 15) is 9.59 Å². The fourth-order valence-corrected chi connectivity index (χ4v) is 2.99. The Kier molecular flexibility index (Phi) is 5.97. The lowest BCUT2D eigenvalue weighted by Gasteiger charge is -2.18. The van der Waals surface area contributed by atoms with Gasteiger partial charge in [0.25, 0.3) is 5.91 Å². The van der Waals surface area contributed by atoms with Crippen LogP contribution in [0.5, 0.6) is 11.5 Å². The summed E-state index contributed by atoms with van der Waals surface area (Å²) in [5.74, 6) is 0.746. The largest absolute Gasteiger partial charge is 0.497 e. The molecule has 2 amide bonds. The van der Waals surface area contributed by atoms with Crippen LogP contribution in [0.1, 0.15) is 16.1 Å². The molecule has 7 nitrogen and oxygen atoms in total. The number of ether oxygens (including phenoxy) is 2. The first-order valence-electron chi connectivity index (χ1n) is 9.06. The zero-order valence-electron chi connectivity index (χ0n) is 16.9. The number of methoxy groups -OCH3 is 2. The highest BCUT2D eigenvalue weighted by Crippen LogP contribution is 2.22. The van der Waals surface area contributed by atoms with Crippen LogP contribution in [0.25, 0.3) is 10.9 Å². The van der Waals surface area contributed by atoms with E-state index in [2.05, 4.69) is 10.3 Å². The van der Waals surface area contributed by atoms with E-state index in [1.165, 1.54) is 4.90 Å². The highest BCUT2D eigenvalue weighted by Gasteiger charge is 2.18. The van der Waals surface area contributed by atoms with Crippen LogP contribution in [0.4, 0.5) is 5.69 Å². The summed E-state index contributed by atoms with van der Waals surface area (Å²) in [5.41, 5.74) is 2.43. The zero-order valence-corrected chi connectivity index (χ0v) is 16.9. The SMILES string of the molecule is COc1cccc(NC(=O)CN(C)C(=O)c2cc3cc(OC)ccc3nc2C)c1. The summed E-state index contributed by atoms with van der Waals surface area (Å²) in [4.78, 5) is 31.1. The maximum atomic E-state index is 12.9. The molecule has 29 heavy (non-hydrogen) atoms. The number of benzene rings is 2. The molecule has 0 saturated heterocycles. The number of hydrogen-bond acceptors (Lipinski definition) is 5. The second kappa shape index (κ2) is 8.60. The predicted molar refractivity (Wildman–Crippen MR) is 112 cm³/mol. The van der Waals surface area contributed by atoms with E-state index in [0.717, 1.165) is 10.9 Å². The number of pyridine rings is 1. The molecule has 0 unspecified atom stereocenters. The monoisotopic (exact) mass is 393 g/mol. The van der Waals surface area contributed by atoms with Crippen LogP contribution in [-0.4, -0.2) is 49.5 Å². The van der Waals surface area contributed by atoms with Gasteiger partial charge in [0.15, 0.2) is 0 Å². The topological polar surface area (TPSA) is 80.8 Å². The van der Waals surface area contributed by atoms with Crippen LogP contribution in [0.3, 0.4) is 0 Å². The third kappa shape index (κ3) is 4.63. The standard InChI is InChI=1S/C22H23N3O4/c1-14-19(11-15-10-18(29-4)8-9-20(15)23-14)22(27)25(2)13-21(26)24-16-6-5-7-17(12-16)28-3/h5-12H,13H2,1-4H3,(H,24,26). The number of carbonyl (C=O) groups is 2. The molecule has 3 aromatic rings. The van der Waals surface area contributed by atoms with Crippen molar-refractivity contribution in [2.75, 3.05) is 33.1 Å². The van der Waals surface area contributed by atoms with E-state index in [1.807, 2.05) is 18.2 Å². The van der Waals surface area contributed by atoms with Gasteiger partial charge in [0.05, 0.1) is 37.5 Å². The smallest absolute Gasteiger partial charge is 0.255 e. The van der Waals surface area contributed by atoms with Crippen molar-refractivity contribution < 1.29 is 19.1 Å². The molecule has 0 fully saturated rings. The van der Waals surface area contributed by atoms with Gasteiger partial charge in [-0.25, -0.2) is 0 Å². The van der Waals surface area contributed by atoms with Crippen LogP contribution in [0.15, 0.2) is 48.5 Å². The summed E-state index contributed by atoms with van der Waals surface area (Å²) in [6.45, 7) is 1.69. The molecule has 0 atom stereocenters. The molecule has 1 heterocycles. The Labute approximate surface area is 169 Å². The van der Waals surface area contributed by atoms with Crippen LogP contribution in [0, 0.1) is 6.92 Å². The summed E-state index contributed by atoms with van der Waals surface area (Å²) in [7, 11) is 4.73. The fourth-order valence-electron chi connectivity index (χ4n) is 2.99. The van der Waals surface area contributed by atoms with Gasteiger partial charge in [-0.15, -0.1) is 0 Å². The Morgan fingerprint density at radius 2 is 1.76 bits per heavy atom. The molecule has 0 aliphatic heterocycles. The fraction of sp³-hybridized carbons (Fsp3) is 0.227. The number of carbonyl (C=O) groups excluding carboxylic acids is 2. The highest BCUT2D eigenvalue weighted by molar-refractivity contribution is 6.01. The summed E-state index contributed by atoms with van der Waals surface area (Å²) < 4.78 is 10.4. The van der Waals surface area contributed by atoms with Crippen molar-refractivity contribution in [1.29, 1.82) is 0 Å². The lowest BCUT2D eigenvalue weighted by atomic mass is 10.1. The normalized spacial score (nSPS) is 10.5. The number of fused-ring (bicyclic) bond motifs is 1. The average Bonchev–Trinajstić information content (AvgIpc) is 2.72. The van der Waals surface area contributed by atoms with E-state index in [0.29, 0.717) is 28.4 Å². The van der Waals surface area contributed by atoms with Gasteiger partial charge in [-0.3, -0.25) is 14.6 Å². The molecule has 1 aromatic heterocycles. The first-order valence-corrected chi connectivity index (χ1v) is 9.06. The van der Waals surface area contributed by atoms with E-state index in [-0.39, 0.29) is 18.4 Å². The lowest BCUT2D eigenvalue weighted by Crippen LogP contribution is -2.35. The Bertz CT molecular complexity index is 1070. The Hall–Kier alpha value is -3.61. The van der Waals surface area contributed by atoms with Gasteiger partial charge in [-0.2, -0.15) is 0 Å². The number of aromatic nitrogens is 1. The lowest BCUT2D eigenvalue weighted by molar-refractivity contribution is -0.116. The van der Waals surface area contributed by atoms with Gasteiger partial charge in [-0.1, -0.05) is 6.07 Å². The zero-order chi connectivity index (χ0) is 21.0. The second-order valence-corrected chi connectivity index (χ2v) is 6.62. The first kappa shape index (κ1) is 20.1. The number of aryl methyl sites for hydroxylation is 1. The van der Waals surface area contributed by atoms with Crippen LogP contribution >= 0.6 is 0 Å². The summed E-state index contributed by atoms with van der Waals surface area (Å²) in [6, 6.07) is 14.3. The molecule has 0 spiro atoms. The third-order valence-corrected chi connectivity index (χ3v) is 4.52. The molecule has 7 heteroatoms. The van der Waals surface area contributed by atoms with Crippen molar-refractivity contribution in [3.63, 3.8) is 0 Å². The van der Waals surface area contributed by atoms with E-state index < -0.39 is 0 Å². The van der Waals surface area contributed by atoms with Gasteiger partial charge in [0.2, 0.25) is 5.91 Å². The van der Waals surface area contributed by atoms with Crippen LogP contribution in [-0.2, 0) is 4.79 Å². The number of rotatable bonds is 6. The minimum atomic E-state index is -0.304. The third-order valence-electron chi connectivity index (χ3n) is 4.52. The molecular weight excluding hydrogens is 370 g/mol. The van der Waals surface area contributed by atoms with Gasteiger partial charge >= 0.3 is 0 Å². The predicted octanol–water partition coefficient (Wildman–Crippen LogP) is 3.27. The Morgan fingerprint density at radius 3 is 2.48 bits per heavy atom. The van der Waals surface area contributed by atoms with Crippen molar-refractivity contribution in [3.8, 4) is 11.5 Å². The maximum absolute atomic E-state index is 12.9. The summed E-state index contributed by atoms with van der Waals surface area (Å²) >= 11 is 0. The second-order valence-electron chi connectivity index (χ2n) is 6.62. The molecular formula is C22H23N3O4. The van der Waals surface area contributed by atoms with Crippen molar-refractivity contribution in [2.24, 2.45) is 0 Å². The number of amides is 2. The molecule has 2 aromatic carbocycles. The minimum Gasteiger partial charge on any atom is -0.497 e. The number of nitrogens with zero attached hydrogens (tertiary/aromatic N) is 2. The average molecular weight is 393 g/mol. The Balaban J connectivity index is 1.75. The quantitative estimate of drug-likeness (QED) is 0.695. The number of likely N-dealkylation sites (N-methyl/N-ethyl adjacent to an activating group) is 1. The number of anilines is 1. The van der Waals surface area contributed by atoms with Gasteiger partial charge in [-0.05, 0) is 43.3 Å². The molecule has 0 aliphatic carbocycles. The molecule has 0 radical (unpaired) electrons. The van der Waals surface area contributed by atoms with Crippen LogP contribution < -0.4 is 14.8 Å². The molecule has 1 N–H and O–H groups in total. The summed E-state index contributed by atoms with van der Waals surface area (Å²) in [5, 5.41) is 3.57. The highest BCUT2D eigenvalue weighted by atomic mass is 16.5. The number of hydrogen-bond donors (Lipinski definition) is 1. The van der Waals surface area contributed by atoms with Gasteiger partial charge in [0, 0.05) is 24.2 Å². The van der Waals surface area contributed by atoms with Gasteiger partial charge < -0.3 is 19.7 Å². The van der Waals surface area contributed by atoms with E-state index in [4.69, 9.17) is 9.47 Å². The Morgan fingerprint density at radius 1 is 1.03 bits per heavy atom. The number of nitrogens with one attached hydrogen (secondary N) is 1. The van der Waals surface area contributed by atoms with Gasteiger partial charge in [0.1, 0.15) is 11.5 Å². The van der Waals surface area contributed by atoms with Crippen molar-refractivity contribution in [2.45, 2.75) is 6.92 Å². The van der Waals surface area contributed by atoms with E-state index in [1.54, 1.807) is 58.5 Å². The van der Waals surface area contributed by atoms with Crippen molar-refractivity contribution >= 4 is 28.4 Å².